The Hall–Kier alpha value is -2.30. The minimum absolute atomic E-state index is 0.426. The van der Waals surface area contributed by atoms with E-state index >= 15 is 0 Å². The molecule has 0 aliphatic rings. The van der Waals surface area contributed by atoms with Crippen molar-refractivity contribution in [1.82, 2.24) is 9.97 Å². The van der Waals surface area contributed by atoms with E-state index in [1.54, 1.807) is 30.7 Å². The number of aromatic amines is 1. The van der Waals surface area contributed by atoms with Gasteiger partial charge in [0, 0.05) is 17.4 Å². The van der Waals surface area contributed by atoms with Crippen molar-refractivity contribution >= 4 is 11.6 Å². The molecule has 4 N–H and O–H groups in total. The molecule has 0 aliphatic heterocycles. The van der Waals surface area contributed by atoms with Gasteiger partial charge in [-0.2, -0.15) is 0 Å². The molecular weight excluding hydrogens is 204 g/mol. The van der Waals surface area contributed by atoms with Crippen molar-refractivity contribution < 1.29 is 4.79 Å². The lowest BCUT2D eigenvalue weighted by molar-refractivity contribution is 0.100. The third-order valence-electron chi connectivity index (χ3n) is 2.18. The first kappa shape index (κ1) is 10.2. The van der Waals surface area contributed by atoms with Crippen molar-refractivity contribution in [3.63, 3.8) is 0 Å². The average molecular weight is 216 g/mol. The van der Waals surface area contributed by atoms with Gasteiger partial charge in [0.1, 0.15) is 0 Å². The third-order valence-corrected chi connectivity index (χ3v) is 2.18. The molecule has 0 radical (unpaired) electrons. The van der Waals surface area contributed by atoms with Crippen LogP contribution in [0, 0.1) is 0 Å². The number of carbonyl (C=O) groups is 1. The second-order valence-electron chi connectivity index (χ2n) is 3.38. The Morgan fingerprint density at radius 3 is 3.06 bits per heavy atom. The molecule has 1 amide bonds. The van der Waals surface area contributed by atoms with Gasteiger partial charge in [-0.05, 0) is 18.2 Å². The summed E-state index contributed by atoms with van der Waals surface area (Å²) in [4.78, 5) is 17.9. The van der Waals surface area contributed by atoms with Gasteiger partial charge in [-0.25, -0.2) is 4.98 Å². The summed E-state index contributed by atoms with van der Waals surface area (Å²) in [7, 11) is 0. The summed E-state index contributed by atoms with van der Waals surface area (Å²) in [5.74, 6) is -0.426. The van der Waals surface area contributed by atoms with Gasteiger partial charge in [0.05, 0.1) is 18.6 Å². The van der Waals surface area contributed by atoms with Crippen LogP contribution >= 0.6 is 0 Å². The highest BCUT2D eigenvalue weighted by atomic mass is 16.1. The summed E-state index contributed by atoms with van der Waals surface area (Å²) in [5.41, 5.74) is 7.51. The Labute approximate surface area is 92.7 Å². The molecule has 0 saturated carbocycles. The van der Waals surface area contributed by atoms with Crippen LogP contribution in [-0.4, -0.2) is 15.9 Å². The normalized spacial score (nSPS) is 10.0. The molecule has 5 nitrogen and oxygen atoms in total. The Balaban J connectivity index is 2.04. The van der Waals surface area contributed by atoms with Gasteiger partial charge < -0.3 is 16.0 Å². The Morgan fingerprint density at radius 1 is 1.50 bits per heavy atom. The maximum absolute atomic E-state index is 11.0. The smallest absolute Gasteiger partial charge is 0.248 e. The van der Waals surface area contributed by atoms with Gasteiger partial charge in [-0.1, -0.05) is 6.07 Å². The zero-order valence-electron chi connectivity index (χ0n) is 8.60. The minimum atomic E-state index is -0.426. The molecule has 1 aromatic carbocycles. The van der Waals surface area contributed by atoms with Crippen LogP contribution in [0.1, 0.15) is 16.1 Å². The van der Waals surface area contributed by atoms with Crippen LogP contribution in [-0.2, 0) is 6.54 Å². The first-order chi connectivity index (χ1) is 7.75. The highest BCUT2D eigenvalue weighted by molar-refractivity contribution is 5.93. The maximum Gasteiger partial charge on any atom is 0.248 e. The van der Waals surface area contributed by atoms with Crippen LogP contribution in [0.15, 0.2) is 36.8 Å². The number of amides is 1. The molecule has 0 spiro atoms. The topological polar surface area (TPSA) is 83.8 Å². The molecule has 16 heavy (non-hydrogen) atoms. The van der Waals surface area contributed by atoms with Crippen molar-refractivity contribution in [2.24, 2.45) is 5.73 Å². The van der Waals surface area contributed by atoms with E-state index < -0.39 is 5.91 Å². The van der Waals surface area contributed by atoms with E-state index in [-0.39, 0.29) is 0 Å². The number of nitrogens with one attached hydrogen (secondary N) is 2. The lowest BCUT2D eigenvalue weighted by Gasteiger charge is -2.05. The fraction of sp³-hybridized carbons (Fsp3) is 0.0909. The van der Waals surface area contributed by atoms with E-state index in [2.05, 4.69) is 15.3 Å². The molecule has 0 fully saturated rings. The Kier molecular flexibility index (Phi) is 2.86. The standard InChI is InChI=1S/C11H12N4O/c12-11(16)8-2-1-3-9(4-8)14-6-10-5-13-7-15-10/h1-5,7,14H,6H2,(H2,12,16)(H,13,15). The van der Waals surface area contributed by atoms with Crippen LogP contribution in [0.25, 0.3) is 0 Å². The summed E-state index contributed by atoms with van der Waals surface area (Å²) in [6.45, 7) is 0.627. The minimum Gasteiger partial charge on any atom is -0.379 e. The lowest BCUT2D eigenvalue weighted by atomic mass is 10.2. The highest BCUT2D eigenvalue weighted by Crippen LogP contribution is 2.11. The largest absolute Gasteiger partial charge is 0.379 e. The van der Waals surface area contributed by atoms with Gasteiger partial charge >= 0.3 is 0 Å². The zero-order valence-corrected chi connectivity index (χ0v) is 8.60. The second-order valence-corrected chi connectivity index (χ2v) is 3.38. The molecule has 2 aromatic rings. The number of nitrogens with two attached hydrogens (primary N) is 1. The van der Waals surface area contributed by atoms with Gasteiger partial charge in [0.2, 0.25) is 5.91 Å². The van der Waals surface area contributed by atoms with E-state index in [9.17, 15) is 4.79 Å². The Bertz CT molecular complexity index is 478. The summed E-state index contributed by atoms with van der Waals surface area (Å²) < 4.78 is 0. The van der Waals surface area contributed by atoms with Crippen LogP contribution < -0.4 is 11.1 Å². The third kappa shape index (κ3) is 2.38. The van der Waals surface area contributed by atoms with Crippen molar-refractivity contribution in [2.45, 2.75) is 6.54 Å². The SMILES string of the molecule is NC(=O)c1cccc(NCc2cnc[nH]2)c1. The summed E-state index contributed by atoms with van der Waals surface area (Å²) in [5, 5.41) is 3.16. The van der Waals surface area contributed by atoms with E-state index in [0.29, 0.717) is 12.1 Å². The maximum atomic E-state index is 11.0. The van der Waals surface area contributed by atoms with Gasteiger partial charge in [0.15, 0.2) is 0 Å². The molecule has 0 bridgehead atoms. The van der Waals surface area contributed by atoms with Gasteiger partial charge in [0.25, 0.3) is 0 Å². The van der Waals surface area contributed by atoms with Crippen molar-refractivity contribution in [1.29, 1.82) is 0 Å². The number of rotatable bonds is 4. The average Bonchev–Trinajstić information content (AvgIpc) is 2.79. The molecule has 2 rings (SSSR count). The molecule has 0 aliphatic carbocycles. The van der Waals surface area contributed by atoms with Crippen molar-refractivity contribution in [3.05, 3.63) is 48.0 Å². The predicted octanol–water partition coefficient (Wildman–Crippen LogP) is 1.12. The van der Waals surface area contributed by atoms with E-state index in [1.807, 2.05) is 6.07 Å². The van der Waals surface area contributed by atoms with Gasteiger partial charge in [-0.3, -0.25) is 4.79 Å². The predicted molar refractivity (Wildman–Crippen MR) is 60.9 cm³/mol. The second kappa shape index (κ2) is 4.48. The number of nitrogens with zero attached hydrogens (tertiary/aromatic N) is 1. The van der Waals surface area contributed by atoms with Crippen LogP contribution in [0.2, 0.25) is 0 Å². The summed E-state index contributed by atoms with van der Waals surface area (Å²) in [6, 6.07) is 7.07. The number of aromatic nitrogens is 2. The van der Waals surface area contributed by atoms with Gasteiger partial charge in [-0.15, -0.1) is 0 Å². The number of benzene rings is 1. The fourth-order valence-electron chi connectivity index (χ4n) is 1.36. The number of anilines is 1. The summed E-state index contributed by atoms with van der Waals surface area (Å²) in [6.07, 6.45) is 3.36. The molecule has 0 saturated heterocycles. The number of hydrogen-bond donors (Lipinski definition) is 3. The molecule has 1 heterocycles. The highest BCUT2D eigenvalue weighted by Gasteiger charge is 2.01. The first-order valence-corrected chi connectivity index (χ1v) is 4.87. The van der Waals surface area contributed by atoms with Crippen molar-refractivity contribution in [3.8, 4) is 0 Å². The number of imidazole rings is 1. The number of carbonyl (C=O) groups excluding carboxylic acids is 1. The van der Waals surface area contributed by atoms with E-state index in [4.69, 9.17) is 5.73 Å². The van der Waals surface area contributed by atoms with Crippen molar-refractivity contribution in [2.75, 3.05) is 5.32 Å². The summed E-state index contributed by atoms with van der Waals surface area (Å²) >= 11 is 0. The van der Waals surface area contributed by atoms with E-state index in [1.165, 1.54) is 0 Å². The van der Waals surface area contributed by atoms with Crippen LogP contribution in [0.5, 0.6) is 0 Å². The fourth-order valence-corrected chi connectivity index (χ4v) is 1.36. The molecule has 1 aromatic heterocycles. The van der Waals surface area contributed by atoms with Crippen LogP contribution in [0.3, 0.4) is 0 Å². The quantitative estimate of drug-likeness (QED) is 0.716. The van der Waals surface area contributed by atoms with E-state index in [0.717, 1.165) is 11.4 Å². The first-order valence-electron chi connectivity index (χ1n) is 4.87. The number of hydrogen-bond acceptors (Lipinski definition) is 3. The molecule has 0 atom stereocenters. The molecule has 0 unspecified atom stereocenters. The van der Waals surface area contributed by atoms with Crippen LogP contribution in [0.4, 0.5) is 5.69 Å². The Morgan fingerprint density at radius 2 is 2.38 bits per heavy atom. The monoisotopic (exact) mass is 216 g/mol. The molecule has 5 heteroatoms. The molecular formula is C11H12N4O. The zero-order chi connectivity index (χ0) is 11.4. The number of H-pyrrole nitrogens is 1. The number of primary amides is 1. The lowest BCUT2D eigenvalue weighted by Crippen LogP contribution is -2.11. The molecule has 82 valence electrons.